The minimum Gasteiger partial charge on any atom is -0.265 e. The molecular weight excluding hydrogens is 360 g/mol. The molecule has 0 bridgehead atoms. The maximum absolute atomic E-state index is 12.2. The van der Waals surface area contributed by atoms with E-state index in [1.54, 1.807) is 18.3 Å². The summed E-state index contributed by atoms with van der Waals surface area (Å²) in [5, 5.41) is 15.7. The average molecular weight is 382 g/mol. The summed E-state index contributed by atoms with van der Waals surface area (Å²) in [5.41, 5.74) is 4.11. The Bertz CT molecular complexity index is 1040. The van der Waals surface area contributed by atoms with Gasteiger partial charge in [0.2, 0.25) is 10.0 Å². The molecule has 3 N–H and O–H groups in total. The molecule has 3 aromatic rings. The number of benzene rings is 2. The molecule has 0 saturated heterocycles. The second-order valence-electron chi connectivity index (χ2n) is 7.04. The third-order valence-electron chi connectivity index (χ3n) is 5.30. The van der Waals surface area contributed by atoms with Crippen molar-refractivity contribution < 1.29 is 8.42 Å². The fourth-order valence-electron chi connectivity index (χ4n) is 4.00. The van der Waals surface area contributed by atoms with Crippen LogP contribution in [0.3, 0.4) is 0 Å². The number of primary sulfonamides is 1. The Balaban J connectivity index is 1.84. The van der Waals surface area contributed by atoms with Gasteiger partial charge in [-0.15, -0.1) is 5.10 Å². The fraction of sp³-hybridized carbons (Fsp3) is 0.300. The Morgan fingerprint density at radius 2 is 1.78 bits per heavy atom. The van der Waals surface area contributed by atoms with Crippen molar-refractivity contribution in [3.05, 3.63) is 54.2 Å². The molecule has 1 fully saturated rings. The molecule has 4 rings (SSSR count). The highest BCUT2D eigenvalue weighted by molar-refractivity contribution is 7.89. The van der Waals surface area contributed by atoms with Crippen molar-refractivity contribution in [3.63, 3.8) is 0 Å². The number of nitrogens with one attached hydrogen (secondary N) is 1. The van der Waals surface area contributed by atoms with Gasteiger partial charge >= 0.3 is 0 Å². The van der Waals surface area contributed by atoms with Gasteiger partial charge in [0.15, 0.2) is 0 Å². The standard InChI is InChI=1S/C20H22N4O2S/c21-27(25,26)20-12-15(10-11-18(20)19-13-22-24-23-19)17-9-5-4-8-16(17)14-6-2-1-3-7-14/h4-5,8-14H,1-3,6-7H2,(H2,21,25,26)(H,22,23,24). The first-order valence-electron chi connectivity index (χ1n) is 9.17. The van der Waals surface area contributed by atoms with Gasteiger partial charge in [-0.05, 0) is 41.5 Å². The second-order valence-corrected chi connectivity index (χ2v) is 8.57. The van der Waals surface area contributed by atoms with Crippen LogP contribution in [-0.4, -0.2) is 23.8 Å². The highest BCUT2D eigenvalue weighted by Crippen LogP contribution is 2.39. The molecule has 7 heteroatoms. The zero-order chi connectivity index (χ0) is 18.9. The number of sulfonamides is 1. The Morgan fingerprint density at radius 1 is 1.00 bits per heavy atom. The Labute approximate surface area is 158 Å². The lowest BCUT2D eigenvalue weighted by atomic mass is 9.81. The van der Waals surface area contributed by atoms with Crippen LogP contribution in [0.2, 0.25) is 0 Å². The van der Waals surface area contributed by atoms with Crippen LogP contribution in [0.1, 0.15) is 43.6 Å². The predicted octanol–water partition coefficient (Wildman–Crippen LogP) is 3.83. The van der Waals surface area contributed by atoms with Gasteiger partial charge in [-0.3, -0.25) is 5.10 Å². The molecule has 1 saturated carbocycles. The van der Waals surface area contributed by atoms with E-state index >= 15 is 0 Å². The van der Waals surface area contributed by atoms with E-state index in [1.165, 1.54) is 37.7 Å². The molecule has 0 amide bonds. The van der Waals surface area contributed by atoms with Gasteiger partial charge in [-0.2, -0.15) is 0 Å². The van der Waals surface area contributed by atoms with Crippen LogP contribution in [0.5, 0.6) is 0 Å². The lowest BCUT2D eigenvalue weighted by molar-refractivity contribution is 0.444. The lowest BCUT2D eigenvalue weighted by Crippen LogP contribution is -2.14. The van der Waals surface area contributed by atoms with Crippen molar-refractivity contribution in [2.24, 2.45) is 5.14 Å². The largest absolute Gasteiger partial charge is 0.265 e. The second kappa shape index (κ2) is 7.25. The average Bonchev–Trinajstić information content (AvgIpc) is 3.22. The summed E-state index contributed by atoms with van der Waals surface area (Å²) in [6, 6.07) is 13.6. The number of rotatable bonds is 4. The van der Waals surface area contributed by atoms with Crippen LogP contribution in [0, 0.1) is 0 Å². The molecule has 2 aromatic carbocycles. The summed E-state index contributed by atoms with van der Waals surface area (Å²) in [6.07, 6.45) is 7.69. The van der Waals surface area contributed by atoms with Crippen molar-refractivity contribution in [1.82, 2.24) is 15.4 Å². The molecule has 0 aliphatic heterocycles. The molecule has 1 heterocycles. The third kappa shape index (κ3) is 3.65. The number of nitrogens with two attached hydrogens (primary N) is 1. The summed E-state index contributed by atoms with van der Waals surface area (Å²) in [7, 11) is -3.91. The van der Waals surface area contributed by atoms with Crippen LogP contribution in [0.4, 0.5) is 0 Å². The monoisotopic (exact) mass is 382 g/mol. The smallest absolute Gasteiger partial charge is 0.238 e. The summed E-state index contributed by atoms with van der Waals surface area (Å²) in [4.78, 5) is 0.0624. The van der Waals surface area contributed by atoms with Crippen LogP contribution in [-0.2, 0) is 10.0 Å². The Morgan fingerprint density at radius 3 is 2.48 bits per heavy atom. The van der Waals surface area contributed by atoms with Crippen LogP contribution >= 0.6 is 0 Å². The predicted molar refractivity (Wildman–Crippen MR) is 104 cm³/mol. The van der Waals surface area contributed by atoms with Crippen LogP contribution in [0.15, 0.2) is 53.6 Å². The normalized spacial score (nSPS) is 15.7. The maximum atomic E-state index is 12.2. The molecule has 140 valence electrons. The minimum atomic E-state index is -3.91. The van der Waals surface area contributed by atoms with Crippen LogP contribution in [0.25, 0.3) is 22.4 Å². The van der Waals surface area contributed by atoms with Gasteiger partial charge in [0.25, 0.3) is 0 Å². The van der Waals surface area contributed by atoms with E-state index in [4.69, 9.17) is 5.14 Å². The van der Waals surface area contributed by atoms with Crippen LogP contribution < -0.4 is 5.14 Å². The van der Waals surface area contributed by atoms with Crippen molar-refractivity contribution in [2.45, 2.75) is 42.9 Å². The first-order valence-corrected chi connectivity index (χ1v) is 10.7. The van der Waals surface area contributed by atoms with E-state index in [-0.39, 0.29) is 4.90 Å². The van der Waals surface area contributed by atoms with Crippen molar-refractivity contribution in [1.29, 1.82) is 0 Å². The molecule has 1 aromatic heterocycles. The van der Waals surface area contributed by atoms with Gasteiger partial charge < -0.3 is 0 Å². The van der Waals surface area contributed by atoms with E-state index in [9.17, 15) is 8.42 Å². The molecule has 6 nitrogen and oxygen atoms in total. The first kappa shape index (κ1) is 17.9. The molecule has 1 aliphatic carbocycles. The number of H-pyrrole nitrogens is 1. The number of hydrogen-bond donors (Lipinski definition) is 2. The molecule has 1 aliphatic rings. The molecular formula is C20H22N4O2S. The molecule has 0 unspecified atom stereocenters. The number of hydrogen-bond acceptors (Lipinski definition) is 4. The zero-order valence-corrected chi connectivity index (χ0v) is 15.7. The van der Waals surface area contributed by atoms with E-state index < -0.39 is 10.0 Å². The molecule has 0 radical (unpaired) electrons. The van der Waals surface area contributed by atoms with Crippen molar-refractivity contribution in [3.8, 4) is 22.4 Å². The Hall–Kier alpha value is -2.51. The van der Waals surface area contributed by atoms with Gasteiger partial charge in [0.1, 0.15) is 5.69 Å². The quantitative estimate of drug-likeness (QED) is 0.716. The third-order valence-corrected chi connectivity index (χ3v) is 6.25. The summed E-state index contributed by atoms with van der Waals surface area (Å²) >= 11 is 0. The van der Waals surface area contributed by atoms with E-state index in [1.807, 2.05) is 12.1 Å². The summed E-state index contributed by atoms with van der Waals surface area (Å²) in [5.74, 6) is 0.517. The topological polar surface area (TPSA) is 102 Å². The summed E-state index contributed by atoms with van der Waals surface area (Å²) in [6.45, 7) is 0. The van der Waals surface area contributed by atoms with Gasteiger partial charge in [0.05, 0.1) is 11.1 Å². The lowest BCUT2D eigenvalue weighted by Gasteiger charge is -2.24. The van der Waals surface area contributed by atoms with Crippen molar-refractivity contribution in [2.75, 3.05) is 0 Å². The maximum Gasteiger partial charge on any atom is 0.238 e. The van der Waals surface area contributed by atoms with Crippen molar-refractivity contribution >= 4 is 10.0 Å². The first-order chi connectivity index (χ1) is 13.0. The summed E-state index contributed by atoms with van der Waals surface area (Å²) < 4.78 is 24.5. The highest BCUT2D eigenvalue weighted by Gasteiger charge is 2.22. The van der Waals surface area contributed by atoms with Gasteiger partial charge in [-0.1, -0.05) is 60.9 Å². The van der Waals surface area contributed by atoms with Gasteiger partial charge in [-0.25, -0.2) is 13.6 Å². The van der Waals surface area contributed by atoms with E-state index in [2.05, 4.69) is 33.6 Å². The number of aromatic nitrogens is 3. The zero-order valence-electron chi connectivity index (χ0n) is 14.9. The minimum absolute atomic E-state index is 0.0624. The van der Waals surface area contributed by atoms with Gasteiger partial charge in [0, 0.05) is 5.56 Å². The molecule has 0 atom stereocenters. The fourth-order valence-corrected chi connectivity index (χ4v) is 4.77. The highest BCUT2D eigenvalue weighted by atomic mass is 32.2. The molecule has 27 heavy (non-hydrogen) atoms. The number of aromatic amines is 1. The number of nitrogens with zero attached hydrogens (tertiary/aromatic N) is 2. The molecule has 0 spiro atoms. The van der Waals surface area contributed by atoms with E-state index in [0.29, 0.717) is 17.2 Å². The SMILES string of the molecule is NS(=O)(=O)c1cc(-c2ccccc2C2CCCCC2)ccc1-c1c[nH]nn1. The Kier molecular flexibility index (Phi) is 4.80. The van der Waals surface area contributed by atoms with E-state index in [0.717, 1.165) is 11.1 Å².